The van der Waals surface area contributed by atoms with Gasteiger partial charge in [-0.2, -0.15) is 0 Å². The minimum Gasteiger partial charge on any atom is -0.372 e. The van der Waals surface area contributed by atoms with Crippen molar-refractivity contribution in [3.8, 4) is 0 Å². The zero-order valence-corrected chi connectivity index (χ0v) is 9.64. The van der Waals surface area contributed by atoms with Crippen LogP contribution in [0.5, 0.6) is 0 Å². The van der Waals surface area contributed by atoms with E-state index in [-0.39, 0.29) is 12.5 Å². The molecular formula is C11H23NO2. The molecule has 0 radical (unpaired) electrons. The molecule has 0 unspecified atom stereocenters. The number of hydrogen-bond donors (Lipinski definition) is 1. The molecule has 0 aliphatic heterocycles. The van der Waals surface area contributed by atoms with Gasteiger partial charge in [0.25, 0.3) is 0 Å². The topological polar surface area (TPSA) is 38.3 Å². The number of hydrogen-bond acceptors (Lipinski definition) is 2. The lowest BCUT2D eigenvalue weighted by Crippen LogP contribution is -2.23. The van der Waals surface area contributed by atoms with Crippen LogP contribution in [-0.2, 0) is 9.53 Å². The highest BCUT2D eigenvalue weighted by atomic mass is 16.5. The Morgan fingerprint density at radius 2 is 2.00 bits per heavy atom. The molecule has 14 heavy (non-hydrogen) atoms. The van der Waals surface area contributed by atoms with Crippen molar-refractivity contribution in [2.45, 2.75) is 39.5 Å². The van der Waals surface area contributed by atoms with Gasteiger partial charge < -0.3 is 10.1 Å². The molecular weight excluding hydrogens is 178 g/mol. The fourth-order valence-corrected chi connectivity index (χ4v) is 1.17. The summed E-state index contributed by atoms with van der Waals surface area (Å²) in [6, 6.07) is 0. The Hall–Kier alpha value is -0.570. The zero-order chi connectivity index (χ0) is 10.8. The largest absolute Gasteiger partial charge is 0.372 e. The molecule has 0 bridgehead atoms. The molecule has 0 fully saturated rings. The van der Waals surface area contributed by atoms with E-state index in [9.17, 15) is 4.79 Å². The maximum absolute atomic E-state index is 10.8. The maximum Gasteiger partial charge on any atom is 0.245 e. The molecule has 0 spiro atoms. The lowest BCUT2D eigenvalue weighted by atomic mass is 10.1. The van der Waals surface area contributed by atoms with Crippen LogP contribution in [0.2, 0.25) is 0 Å². The highest BCUT2D eigenvalue weighted by Gasteiger charge is 1.97. The van der Waals surface area contributed by atoms with Gasteiger partial charge in [-0.3, -0.25) is 4.79 Å². The van der Waals surface area contributed by atoms with Gasteiger partial charge in [0.2, 0.25) is 5.91 Å². The fourth-order valence-electron chi connectivity index (χ4n) is 1.17. The predicted octanol–water partition coefficient (Wildman–Crippen LogP) is 1.97. The Labute approximate surface area is 87.2 Å². The van der Waals surface area contributed by atoms with Gasteiger partial charge in [0, 0.05) is 13.7 Å². The van der Waals surface area contributed by atoms with Gasteiger partial charge in [0.05, 0.1) is 0 Å². The van der Waals surface area contributed by atoms with Crippen LogP contribution in [0.15, 0.2) is 0 Å². The summed E-state index contributed by atoms with van der Waals surface area (Å²) >= 11 is 0. The minimum atomic E-state index is -0.0489. The van der Waals surface area contributed by atoms with E-state index < -0.39 is 0 Å². The SMILES string of the molecule is CNC(=O)COCCCCCC(C)C. The number of amides is 1. The molecule has 0 aliphatic rings. The number of likely N-dealkylation sites (N-methyl/N-ethyl adjacent to an activating group) is 1. The smallest absolute Gasteiger partial charge is 0.245 e. The first kappa shape index (κ1) is 13.4. The van der Waals surface area contributed by atoms with Crippen molar-refractivity contribution in [3.63, 3.8) is 0 Å². The first-order valence-electron chi connectivity index (χ1n) is 5.45. The summed E-state index contributed by atoms with van der Waals surface area (Å²) in [7, 11) is 1.62. The van der Waals surface area contributed by atoms with E-state index in [4.69, 9.17) is 4.74 Å². The first-order valence-corrected chi connectivity index (χ1v) is 5.45. The molecule has 0 aromatic heterocycles. The van der Waals surface area contributed by atoms with E-state index in [1.807, 2.05) is 0 Å². The second-order valence-electron chi connectivity index (χ2n) is 3.97. The van der Waals surface area contributed by atoms with E-state index in [2.05, 4.69) is 19.2 Å². The minimum absolute atomic E-state index is 0.0489. The van der Waals surface area contributed by atoms with Gasteiger partial charge in [-0.1, -0.05) is 33.1 Å². The number of nitrogens with one attached hydrogen (secondary N) is 1. The molecule has 0 atom stereocenters. The van der Waals surface area contributed by atoms with Crippen LogP contribution < -0.4 is 5.32 Å². The molecule has 1 N–H and O–H groups in total. The number of carbonyl (C=O) groups excluding carboxylic acids is 1. The van der Waals surface area contributed by atoms with E-state index in [1.165, 1.54) is 19.3 Å². The Morgan fingerprint density at radius 3 is 2.57 bits per heavy atom. The highest BCUT2D eigenvalue weighted by Crippen LogP contribution is 2.07. The number of unbranched alkanes of at least 4 members (excludes halogenated alkanes) is 2. The monoisotopic (exact) mass is 201 g/mol. The predicted molar refractivity (Wildman–Crippen MR) is 58.2 cm³/mol. The zero-order valence-electron chi connectivity index (χ0n) is 9.64. The van der Waals surface area contributed by atoms with Gasteiger partial charge >= 0.3 is 0 Å². The molecule has 0 saturated carbocycles. The average molecular weight is 201 g/mol. The van der Waals surface area contributed by atoms with E-state index >= 15 is 0 Å². The molecule has 0 heterocycles. The van der Waals surface area contributed by atoms with Crippen molar-refractivity contribution < 1.29 is 9.53 Å². The van der Waals surface area contributed by atoms with Crippen LogP contribution in [0.1, 0.15) is 39.5 Å². The third-order valence-corrected chi connectivity index (χ3v) is 2.08. The summed E-state index contributed by atoms with van der Waals surface area (Å²) in [5, 5.41) is 2.52. The van der Waals surface area contributed by atoms with Gasteiger partial charge in [-0.05, 0) is 12.3 Å². The normalized spacial score (nSPS) is 10.6. The molecule has 0 rings (SSSR count). The summed E-state index contributed by atoms with van der Waals surface area (Å²) < 4.78 is 5.18. The highest BCUT2D eigenvalue weighted by molar-refractivity contribution is 5.76. The second-order valence-corrected chi connectivity index (χ2v) is 3.97. The molecule has 0 saturated heterocycles. The number of ether oxygens (including phenoxy) is 1. The van der Waals surface area contributed by atoms with Crippen molar-refractivity contribution in [3.05, 3.63) is 0 Å². The molecule has 0 aromatic rings. The lowest BCUT2D eigenvalue weighted by molar-refractivity contribution is -0.125. The number of rotatable bonds is 8. The van der Waals surface area contributed by atoms with Crippen LogP contribution in [0.3, 0.4) is 0 Å². The van der Waals surface area contributed by atoms with Crippen molar-refractivity contribution in [2.75, 3.05) is 20.3 Å². The van der Waals surface area contributed by atoms with Crippen molar-refractivity contribution in [1.82, 2.24) is 5.32 Å². The summed E-state index contributed by atoms with van der Waals surface area (Å²) in [4.78, 5) is 10.8. The Balaban J connectivity index is 3.03. The Bertz CT molecular complexity index is 146. The molecule has 1 amide bonds. The second kappa shape index (κ2) is 9.00. The van der Waals surface area contributed by atoms with E-state index in [0.717, 1.165) is 12.3 Å². The summed E-state index contributed by atoms with van der Waals surface area (Å²) in [5.74, 6) is 0.744. The van der Waals surface area contributed by atoms with Gasteiger partial charge in [-0.25, -0.2) is 0 Å². The van der Waals surface area contributed by atoms with Gasteiger partial charge in [0.1, 0.15) is 6.61 Å². The summed E-state index contributed by atoms with van der Waals surface area (Å²) in [5.41, 5.74) is 0. The maximum atomic E-state index is 10.8. The molecule has 84 valence electrons. The molecule has 3 nitrogen and oxygen atoms in total. The third-order valence-electron chi connectivity index (χ3n) is 2.08. The van der Waals surface area contributed by atoms with Crippen molar-refractivity contribution >= 4 is 5.91 Å². The quantitative estimate of drug-likeness (QED) is 0.610. The Morgan fingerprint density at radius 1 is 1.29 bits per heavy atom. The van der Waals surface area contributed by atoms with E-state index in [1.54, 1.807) is 7.05 Å². The van der Waals surface area contributed by atoms with Crippen LogP contribution in [0.4, 0.5) is 0 Å². The van der Waals surface area contributed by atoms with E-state index in [0.29, 0.717) is 6.61 Å². The van der Waals surface area contributed by atoms with Crippen molar-refractivity contribution in [2.24, 2.45) is 5.92 Å². The van der Waals surface area contributed by atoms with Gasteiger partial charge in [0.15, 0.2) is 0 Å². The van der Waals surface area contributed by atoms with Crippen LogP contribution in [-0.4, -0.2) is 26.2 Å². The van der Waals surface area contributed by atoms with Gasteiger partial charge in [-0.15, -0.1) is 0 Å². The summed E-state index contributed by atoms with van der Waals surface area (Å²) in [6.45, 7) is 5.37. The van der Waals surface area contributed by atoms with Crippen LogP contribution in [0.25, 0.3) is 0 Å². The van der Waals surface area contributed by atoms with Crippen molar-refractivity contribution in [1.29, 1.82) is 0 Å². The standard InChI is InChI=1S/C11H23NO2/c1-10(2)7-5-4-6-8-14-9-11(13)12-3/h10H,4-9H2,1-3H3,(H,12,13). The lowest BCUT2D eigenvalue weighted by Gasteiger charge is -2.05. The average Bonchev–Trinajstić information content (AvgIpc) is 2.15. The Kier molecular flexibility index (Phi) is 8.64. The molecule has 0 aliphatic carbocycles. The van der Waals surface area contributed by atoms with Crippen LogP contribution in [0, 0.1) is 5.92 Å². The number of carbonyl (C=O) groups is 1. The fraction of sp³-hybridized carbons (Fsp3) is 0.909. The third kappa shape index (κ3) is 9.52. The summed E-state index contributed by atoms with van der Waals surface area (Å²) in [6.07, 6.45) is 4.81. The first-order chi connectivity index (χ1) is 6.66. The molecule has 3 heteroatoms. The van der Waals surface area contributed by atoms with Crippen LogP contribution >= 0.6 is 0 Å². The molecule has 0 aromatic carbocycles.